The Balaban J connectivity index is 2.48. The smallest absolute Gasteiger partial charge is 0.356 e. The zero-order chi connectivity index (χ0) is 17.4. The van der Waals surface area contributed by atoms with Crippen molar-refractivity contribution in [3.63, 3.8) is 0 Å². The van der Waals surface area contributed by atoms with Crippen LogP contribution in [0.5, 0.6) is 0 Å². The second-order valence-corrected chi connectivity index (χ2v) is 5.07. The molecule has 122 valence electrons. The van der Waals surface area contributed by atoms with E-state index in [1.165, 1.54) is 44.5 Å². The van der Waals surface area contributed by atoms with Crippen molar-refractivity contribution in [3.05, 3.63) is 62.7 Å². The van der Waals surface area contributed by atoms with Crippen molar-refractivity contribution in [2.75, 3.05) is 7.11 Å². The number of ether oxygens (including phenoxy) is 1. The number of methoxy groups -OCH3 is 1. The van der Waals surface area contributed by atoms with Crippen LogP contribution < -0.4 is 11.2 Å². The van der Waals surface area contributed by atoms with Crippen LogP contribution in [-0.4, -0.2) is 27.6 Å². The van der Waals surface area contributed by atoms with Gasteiger partial charge in [-0.15, -0.1) is 0 Å². The number of aromatic amines is 1. The fourth-order valence-electron chi connectivity index (χ4n) is 2.40. The van der Waals surface area contributed by atoms with Crippen molar-refractivity contribution < 1.29 is 13.9 Å². The van der Waals surface area contributed by atoms with Gasteiger partial charge >= 0.3 is 11.7 Å². The van der Waals surface area contributed by atoms with E-state index in [2.05, 4.69) is 14.7 Å². The van der Waals surface area contributed by atoms with Crippen LogP contribution in [0.1, 0.15) is 10.5 Å². The molecule has 2 heterocycles. The molecule has 0 aliphatic carbocycles. The lowest BCUT2D eigenvalue weighted by Crippen LogP contribution is -2.29. The first-order chi connectivity index (χ1) is 11.4. The molecular formula is C16H12FN3O4. The van der Waals surface area contributed by atoms with E-state index in [4.69, 9.17) is 0 Å². The molecule has 0 spiro atoms. The summed E-state index contributed by atoms with van der Waals surface area (Å²) in [7, 11) is 2.62. The predicted octanol–water partition coefficient (Wildman–Crippen LogP) is 1.21. The Morgan fingerprint density at radius 2 is 1.92 bits per heavy atom. The fourth-order valence-corrected chi connectivity index (χ4v) is 2.40. The summed E-state index contributed by atoms with van der Waals surface area (Å²) in [5, 5.41) is 0.122. The Morgan fingerprint density at radius 1 is 1.25 bits per heavy atom. The van der Waals surface area contributed by atoms with Gasteiger partial charge in [-0.05, 0) is 23.8 Å². The van der Waals surface area contributed by atoms with Crippen LogP contribution in [-0.2, 0) is 11.8 Å². The number of carbonyl (C=O) groups excluding carboxylic acids is 1. The van der Waals surface area contributed by atoms with Crippen LogP contribution >= 0.6 is 0 Å². The van der Waals surface area contributed by atoms with Crippen LogP contribution in [0, 0.1) is 5.82 Å². The van der Waals surface area contributed by atoms with Gasteiger partial charge in [0.05, 0.1) is 12.5 Å². The molecule has 24 heavy (non-hydrogen) atoms. The number of H-pyrrole nitrogens is 1. The van der Waals surface area contributed by atoms with Gasteiger partial charge in [-0.3, -0.25) is 14.3 Å². The maximum atomic E-state index is 13.2. The molecule has 0 radical (unpaired) electrons. The van der Waals surface area contributed by atoms with E-state index in [-0.39, 0.29) is 16.7 Å². The van der Waals surface area contributed by atoms with E-state index < -0.39 is 23.0 Å². The van der Waals surface area contributed by atoms with Gasteiger partial charge in [-0.25, -0.2) is 19.0 Å². The van der Waals surface area contributed by atoms with Crippen molar-refractivity contribution in [2.24, 2.45) is 7.05 Å². The maximum absolute atomic E-state index is 13.2. The molecule has 0 saturated heterocycles. The number of aryl methyl sites for hydroxylation is 1. The molecule has 3 aromatic rings. The second-order valence-electron chi connectivity index (χ2n) is 5.07. The Hall–Kier alpha value is -3.29. The zero-order valence-electron chi connectivity index (χ0n) is 12.8. The summed E-state index contributed by atoms with van der Waals surface area (Å²) in [6.45, 7) is 0. The Morgan fingerprint density at radius 3 is 2.54 bits per heavy atom. The third-order valence-corrected chi connectivity index (χ3v) is 3.62. The van der Waals surface area contributed by atoms with Crippen molar-refractivity contribution in [2.45, 2.75) is 0 Å². The van der Waals surface area contributed by atoms with Crippen molar-refractivity contribution in [1.29, 1.82) is 0 Å². The maximum Gasteiger partial charge on any atom is 0.356 e. The van der Waals surface area contributed by atoms with Gasteiger partial charge in [0, 0.05) is 12.6 Å². The van der Waals surface area contributed by atoms with Crippen LogP contribution in [0.25, 0.3) is 22.2 Å². The number of nitrogens with zero attached hydrogens (tertiary/aromatic N) is 2. The first-order valence-corrected chi connectivity index (χ1v) is 6.90. The largest absolute Gasteiger partial charge is 0.464 e. The number of pyridine rings is 1. The van der Waals surface area contributed by atoms with Crippen LogP contribution in [0.3, 0.4) is 0 Å². The van der Waals surface area contributed by atoms with Gasteiger partial charge in [0.15, 0.2) is 11.3 Å². The first kappa shape index (κ1) is 15.6. The minimum Gasteiger partial charge on any atom is -0.464 e. The van der Waals surface area contributed by atoms with E-state index >= 15 is 0 Å². The number of carbonyl (C=O) groups is 1. The molecule has 0 unspecified atom stereocenters. The highest BCUT2D eigenvalue weighted by Crippen LogP contribution is 2.26. The zero-order valence-corrected chi connectivity index (χ0v) is 12.8. The quantitative estimate of drug-likeness (QED) is 0.713. The molecule has 0 fully saturated rings. The number of fused-ring (bicyclic) bond motifs is 1. The second kappa shape index (κ2) is 5.73. The Bertz CT molecular complexity index is 1070. The minimum atomic E-state index is -0.715. The summed E-state index contributed by atoms with van der Waals surface area (Å²) in [4.78, 5) is 42.2. The number of nitrogens with one attached hydrogen (secondary N) is 1. The lowest BCUT2D eigenvalue weighted by Gasteiger charge is -2.10. The molecule has 0 saturated carbocycles. The van der Waals surface area contributed by atoms with Crippen molar-refractivity contribution >= 4 is 17.0 Å². The van der Waals surface area contributed by atoms with Crippen LogP contribution in [0.15, 0.2) is 39.9 Å². The van der Waals surface area contributed by atoms with Gasteiger partial charge in [0.2, 0.25) is 0 Å². The Kier molecular flexibility index (Phi) is 3.72. The lowest BCUT2D eigenvalue weighted by atomic mass is 10.0. The molecule has 1 N–H and O–H groups in total. The molecule has 0 aliphatic heterocycles. The average molecular weight is 329 g/mol. The lowest BCUT2D eigenvalue weighted by molar-refractivity contribution is 0.0594. The van der Waals surface area contributed by atoms with Crippen LogP contribution in [0.2, 0.25) is 0 Å². The van der Waals surface area contributed by atoms with Crippen molar-refractivity contribution in [1.82, 2.24) is 14.5 Å². The molecule has 0 bridgehead atoms. The number of aromatic nitrogens is 3. The van der Waals surface area contributed by atoms with Gasteiger partial charge in [0.1, 0.15) is 5.82 Å². The highest BCUT2D eigenvalue weighted by Gasteiger charge is 2.18. The van der Waals surface area contributed by atoms with E-state index in [9.17, 15) is 18.8 Å². The molecule has 0 atom stereocenters. The van der Waals surface area contributed by atoms with Gasteiger partial charge < -0.3 is 4.74 Å². The molecular weight excluding hydrogens is 317 g/mol. The number of hydrogen-bond acceptors (Lipinski definition) is 5. The highest BCUT2D eigenvalue weighted by molar-refractivity contribution is 5.98. The van der Waals surface area contributed by atoms with Gasteiger partial charge in [-0.1, -0.05) is 12.1 Å². The first-order valence-electron chi connectivity index (χ1n) is 6.90. The predicted molar refractivity (Wildman–Crippen MR) is 84.3 cm³/mol. The summed E-state index contributed by atoms with van der Waals surface area (Å²) in [5.74, 6) is -1.15. The molecule has 7 nitrogen and oxygen atoms in total. The number of rotatable bonds is 2. The van der Waals surface area contributed by atoms with Crippen molar-refractivity contribution in [3.8, 4) is 11.1 Å². The summed E-state index contributed by atoms with van der Waals surface area (Å²) in [6.07, 6.45) is 0. The Labute approximate surface area is 134 Å². The molecule has 0 aliphatic rings. The van der Waals surface area contributed by atoms with Crippen LogP contribution in [0.4, 0.5) is 4.39 Å². The number of esters is 1. The van der Waals surface area contributed by atoms with Gasteiger partial charge in [0.25, 0.3) is 5.56 Å². The summed E-state index contributed by atoms with van der Waals surface area (Å²) in [5.41, 5.74) is -0.491. The number of halogens is 1. The standard InChI is InChI=1S/C16H12FN3O4/c1-20-13-12(14(21)19-16(20)23)10(7-11(18-13)15(22)24-2)8-3-5-9(17)6-4-8/h3-7H,1-2H3,(H,19,21,23). The highest BCUT2D eigenvalue weighted by atomic mass is 19.1. The van der Waals surface area contributed by atoms with E-state index in [0.29, 0.717) is 11.1 Å². The third kappa shape index (κ3) is 2.47. The molecule has 8 heteroatoms. The molecule has 3 rings (SSSR count). The minimum absolute atomic E-state index is 0.0333. The SMILES string of the molecule is COC(=O)c1cc(-c2ccc(F)cc2)c2c(=O)[nH]c(=O)n(C)c2n1. The van der Waals surface area contributed by atoms with E-state index in [0.717, 1.165) is 4.57 Å². The molecule has 0 amide bonds. The summed E-state index contributed by atoms with van der Waals surface area (Å²) in [6, 6.07) is 6.78. The normalized spacial score (nSPS) is 10.8. The van der Waals surface area contributed by atoms with Gasteiger partial charge in [-0.2, -0.15) is 0 Å². The number of hydrogen-bond donors (Lipinski definition) is 1. The molecule has 1 aromatic carbocycles. The van der Waals surface area contributed by atoms with E-state index in [1.54, 1.807) is 0 Å². The molecule has 2 aromatic heterocycles. The van der Waals surface area contributed by atoms with E-state index in [1.807, 2.05) is 0 Å². The summed E-state index contributed by atoms with van der Waals surface area (Å²) >= 11 is 0. The topological polar surface area (TPSA) is 94.0 Å². The summed E-state index contributed by atoms with van der Waals surface area (Å²) < 4.78 is 19.0. The number of benzene rings is 1. The third-order valence-electron chi connectivity index (χ3n) is 3.62. The average Bonchev–Trinajstić information content (AvgIpc) is 2.58. The monoisotopic (exact) mass is 329 g/mol. The fraction of sp³-hybridized carbons (Fsp3) is 0.125.